The summed E-state index contributed by atoms with van der Waals surface area (Å²) in [5, 5.41) is 3.05. The maximum absolute atomic E-state index is 12.7. The van der Waals surface area contributed by atoms with Gasteiger partial charge in [-0.25, -0.2) is 14.8 Å². The molecule has 0 bridgehead atoms. The summed E-state index contributed by atoms with van der Waals surface area (Å²) < 4.78 is 5.95. The number of anilines is 1. The second-order valence-corrected chi connectivity index (χ2v) is 8.58. The minimum absolute atomic E-state index is 0.000833. The normalized spacial score (nSPS) is 21.0. The number of carbonyl (C=O) groups excluding carboxylic acids is 1. The lowest BCUT2D eigenvalue weighted by molar-refractivity contribution is -0.00556. The smallest absolute Gasteiger partial charge is 0.317 e. The molecule has 0 spiro atoms. The number of benzene rings is 1. The lowest BCUT2D eigenvalue weighted by atomic mass is 10.0. The summed E-state index contributed by atoms with van der Waals surface area (Å²) in [4.78, 5) is 26.8. The first kappa shape index (κ1) is 21.6. The van der Waals surface area contributed by atoms with E-state index >= 15 is 0 Å². The van der Waals surface area contributed by atoms with Gasteiger partial charge in [0.1, 0.15) is 5.82 Å². The molecule has 1 aromatic heterocycles. The number of aromatic nitrogens is 2. The van der Waals surface area contributed by atoms with Crippen molar-refractivity contribution in [2.24, 2.45) is 0 Å². The zero-order valence-corrected chi connectivity index (χ0v) is 18.8. The van der Waals surface area contributed by atoms with Crippen LogP contribution in [0.15, 0.2) is 30.3 Å². The minimum atomic E-state index is 0.000833. The lowest BCUT2D eigenvalue weighted by Gasteiger charge is -2.39. The van der Waals surface area contributed by atoms with Crippen LogP contribution in [0.2, 0.25) is 0 Å². The highest BCUT2D eigenvalue weighted by Crippen LogP contribution is 2.31. The highest BCUT2D eigenvalue weighted by atomic mass is 16.5. The second kappa shape index (κ2) is 9.64. The molecular weight excluding hydrogens is 390 g/mol. The van der Waals surface area contributed by atoms with Crippen LogP contribution in [0.4, 0.5) is 10.6 Å². The molecule has 2 unspecified atom stereocenters. The SMILES string of the molecule is CCCCNC(=O)N1CCc2nc(-c3ccccc3)nc(N3CC(C)OC(C)C3)c2C1. The second-order valence-electron chi connectivity index (χ2n) is 8.58. The molecule has 1 fully saturated rings. The van der Waals surface area contributed by atoms with Crippen molar-refractivity contribution in [3.8, 4) is 11.4 Å². The van der Waals surface area contributed by atoms with Crippen LogP contribution in [0.5, 0.6) is 0 Å². The molecular formula is C24H33N5O2. The molecule has 1 saturated heterocycles. The van der Waals surface area contributed by atoms with Gasteiger partial charge in [0.15, 0.2) is 5.82 Å². The Kier molecular flexibility index (Phi) is 6.70. The van der Waals surface area contributed by atoms with E-state index < -0.39 is 0 Å². The van der Waals surface area contributed by atoms with Crippen LogP contribution in [0, 0.1) is 0 Å². The third kappa shape index (κ3) is 4.98. The number of amides is 2. The first-order valence-electron chi connectivity index (χ1n) is 11.4. The van der Waals surface area contributed by atoms with Gasteiger partial charge < -0.3 is 19.9 Å². The Bertz CT molecular complexity index is 894. The Labute approximate surface area is 184 Å². The fourth-order valence-corrected chi connectivity index (χ4v) is 4.38. The summed E-state index contributed by atoms with van der Waals surface area (Å²) in [5.74, 6) is 1.69. The Morgan fingerprint density at radius 2 is 1.90 bits per heavy atom. The Balaban J connectivity index is 1.67. The summed E-state index contributed by atoms with van der Waals surface area (Å²) in [7, 11) is 0. The van der Waals surface area contributed by atoms with E-state index in [1.54, 1.807) is 0 Å². The average Bonchev–Trinajstić information content (AvgIpc) is 2.78. The molecule has 7 heteroatoms. The van der Waals surface area contributed by atoms with Crippen molar-refractivity contribution in [3.63, 3.8) is 0 Å². The van der Waals surface area contributed by atoms with E-state index in [0.29, 0.717) is 19.6 Å². The molecule has 0 saturated carbocycles. The van der Waals surface area contributed by atoms with Gasteiger partial charge in [-0.15, -0.1) is 0 Å². The van der Waals surface area contributed by atoms with E-state index in [1.807, 2.05) is 35.2 Å². The number of hydrogen-bond acceptors (Lipinski definition) is 5. The molecule has 0 aliphatic carbocycles. The molecule has 2 aromatic rings. The number of ether oxygens (including phenoxy) is 1. The molecule has 31 heavy (non-hydrogen) atoms. The molecule has 1 N–H and O–H groups in total. The van der Waals surface area contributed by atoms with Gasteiger partial charge in [0.25, 0.3) is 0 Å². The number of urea groups is 1. The van der Waals surface area contributed by atoms with Crippen molar-refractivity contribution in [1.82, 2.24) is 20.2 Å². The Hall–Kier alpha value is -2.67. The van der Waals surface area contributed by atoms with Crippen LogP contribution in [-0.4, -0.2) is 59.3 Å². The number of nitrogens with one attached hydrogen (secondary N) is 1. The van der Waals surface area contributed by atoms with E-state index in [0.717, 1.165) is 60.8 Å². The van der Waals surface area contributed by atoms with Crippen LogP contribution in [-0.2, 0) is 17.7 Å². The number of hydrogen-bond donors (Lipinski definition) is 1. The monoisotopic (exact) mass is 423 g/mol. The van der Waals surface area contributed by atoms with Gasteiger partial charge in [0, 0.05) is 43.7 Å². The summed E-state index contributed by atoms with van der Waals surface area (Å²) in [6.45, 7) is 9.82. The highest BCUT2D eigenvalue weighted by Gasteiger charge is 2.31. The molecule has 2 aliphatic heterocycles. The van der Waals surface area contributed by atoms with Gasteiger partial charge in [-0.3, -0.25) is 0 Å². The first-order chi connectivity index (χ1) is 15.0. The van der Waals surface area contributed by atoms with Crippen LogP contribution in [0.1, 0.15) is 44.9 Å². The number of rotatable bonds is 5. The average molecular weight is 424 g/mol. The number of unbranched alkanes of at least 4 members (excludes halogenated alkanes) is 1. The summed E-state index contributed by atoms with van der Waals surface area (Å²) >= 11 is 0. The summed E-state index contributed by atoms with van der Waals surface area (Å²) in [6, 6.07) is 10.1. The fraction of sp³-hybridized carbons (Fsp3) is 0.542. The molecule has 0 radical (unpaired) electrons. The maximum Gasteiger partial charge on any atom is 0.317 e. The fourth-order valence-electron chi connectivity index (χ4n) is 4.38. The molecule has 4 rings (SSSR count). The van der Waals surface area contributed by atoms with Gasteiger partial charge >= 0.3 is 6.03 Å². The van der Waals surface area contributed by atoms with Crippen LogP contribution in [0.3, 0.4) is 0 Å². The third-order valence-corrected chi connectivity index (χ3v) is 5.88. The quantitative estimate of drug-likeness (QED) is 0.744. The molecule has 166 valence electrons. The highest BCUT2D eigenvalue weighted by molar-refractivity contribution is 5.75. The van der Waals surface area contributed by atoms with Gasteiger partial charge in [0.2, 0.25) is 0 Å². The molecule has 2 amide bonds. The van der Waals surface area contributed by atoms with Crippen LogP contribution < -0.4 is 10.2 Å². The van der Waals surface area contributed by atoms with Gasteiger partial charge in [-0.05, 0) is 20.3 Å². The van der Waals surface area contributed by atoms with Crippen molar-refractivity contribution < 1.29 is 9.53 Å². The first-order valence-corrected chi connectivity index (χ1v) is 11.4. The zero-order chi connectivity index (χ0) is 21.8. The molecule has 2 aliphatic rings. The standard InChI is InChI=1S/C24H33N5O2/c1-4-5-12-25-24(30)28-13-11-21-20(16-28)23(29-14-17(2)31-18(3)15-29)27-22(26-21)19-9-7-6-8-10-19/h6-10,17-18H,4-5,11-16H2,1-3H3,(H,25,30). The molecule has 2 atom stereocenters. The van der Waals surface area contributed by atoms with E-state index in [4.69, 9.17) is 14.7 Å². The number of nitrogens with zero attached hydrogens (tertiary/aromatic N) is 4. The van der Waals surface area contributed by atoms with Crippen molar-refractivity contribution >= 4 is 11.8 Å². The summed E-state index contributed by atoms with van der Waals surface area (Å²) in [6.07, 6.45) is 3.06. The number of carbonyl (C=O) groups is 1. The predicted molar refractivity (Wildman–Crippen MR) is 122 cm³/mol. The third-order valence-electron chi connectivity index (χ3n) is 5.88. The van der Waals surface area contributed by atoms with Gasteiger partial charge in [-0.1, -0.05) is 43.7 Å². The van der Waals surface area contributed by atoms with Gasteiger partial charge in [0.05, 0.1) is 24.4 Å². The van der Waals surface area contributed by atoms with Crippen molar-refractivity contribution in [3.05, 3.63) is 41.6 Å². The van der Waals surface area contributed by atoms with E-state index in [2.05, 4.69) is 31.0 Å². The molecule has 1 aromatic carbocycles. The van der Waals surface area contributed by atoms with Crippen LogP contribution >= 0.6 is 0 Å². The largest absolute Gasteiger partial charge is 0.372 e. The van der Waals surface area contributed by atoms with Crippen LogP contribution in [0.25, 0.3) is 11.4 Å². The molecule has 3 heterocycles. The topological polar surface area (TPSA) is 70.6 Å². The lowest BCUT2D eigenvalue weighted by Crippen LogP contribution is -2.48. The number of morpholine rings is 1. The van der Waals surface area contributed by atoms with Crippen molar-refractivity contribution in [2.45, 2.75) is 58.8 Å². The summed E-state index contributed by atoms with van der Waals surface area (Å²) in [5.41, 5.74) is 3.13. The van der Waals surface area contributed by atoms with Gasteiger partial charge in [-0.2, -0.15) is 0 Å². The Morgan fingerprint density at radius 3 is 2.61 bits per heavy atom. The van der Waals surface area contributed by atoms with E-state index in [9.17, 15) is 4.79 Å². The van der Waals surface area contributed by atoms with E-state index in [-0.39, 0.29) is 18.2 Å². The predicted octanol–water partition coefficient (Wildman–Crippen LogP) is 3.63. The minimum Gasteiger partial charge on any atom is -0.372 e. The number of fused-ring (bicyclic) bond motifs is 1. The Morgan fingerprint density at radius 1 is 1.16 bits per heavy atom. The molecule has 7 nitrogen and oxygen atoms in total. The zero-order valence-electron chi connectivity index (χ0n) is 18.8. The van der Waals surface area contributed by atoms with Crippen molar-refractivity contribution in [2.75, 3.05) is 31.1 Å². The maximum atomic E-state index is 12.7. The van der Waals surface area contributed by atoms with E-state index in [1.165, 1.54) is 0 Å². The van der Waals surface area contributed by atoms with Crippen molar-refractivity contribution in [1.29, 1.82) is 0 Å².